The van der Waals surface area contributed by atoms with Crippen LogP contribution in [0, 0.1) is 0 Å². The first kappa shape index (κ1) is 42.9. The molecule has 5 aromatic rings. The Morgan fingerprint density at radius 2 is 1.58 bits per heavy atom. The van der Waals surface area contributed by atoms with Crippen molar-refractivity contribution in [2.24, 2.45) is 0 Å². The van der Waals surface area contributed by atoms with E-state index in [4.69, 9.17) is 18.9 Å². The van der Waals surface area contributed by atoms with Gasteiger partial charge in [-0.1, -0.05) is 51.1 Å². The number of sulfonamides is 1. The Bertz CT molecular complexity index is 2440. The number of morpholine rings is 1. The number of aromatic nitrogens is 1. The Labute approximate surface area is 345 Å². The molecule has 1 aliphatic rings. The maximum atomic E-state index is 13.5. The van der Waals surface area contributed by atoms with Crippen molar-refractivity contribution in [2.45, 2.75) is 45.4 Å². The number of quaternary nitrogens is 1. The molecule has 0 aliphatic carbocycles. The number of Topliss-reactive ketones (excluding diaryl/α,β-unsaturated/α-hetero) is 1. The zero-order valence-electron chi connectivity index (χ0n) is 34.3. The SMILES string of the molecule is COc1cc(Cc2cc(Oc3ccc(NC(=O)Nc4cc(C(C)(C)C)cc(NS(C)(=O)=O)c4OC)c4ccccc34)ccn2)ccc1C(=O)CCC[N+]1(O)CCOCC1. The summed E-state index contributed by atoms with van der Waals surface area (Å²) in [5, 5.41) is 18.0. The molecule has 4 N–H and O–H groups in total. The van der Waals surface area contributed by atoms with Gasteiger partial charge in [0.05, 0.1) is 56.3 Å². The van der Waals surface area contributed by atoms with E-state index in [1.807, 2.05) is 63.2 Å². The van der Waals surface area contributed by atoms with Gasteiger partial charge < -0.3 is 29.6 Å². The normalized spacial score (nSPS) is 14.0. The number of nitrogens with one attached hydrogen (secondary N) is 3. The molecule has 2 amide bonds. The monoisotopic (exact) mass is 826 g/mol. The van der Waals surface area contributed by atoms with Crippen LogP contribution in [0.3, 0.4) is 0 Å². The summed E-state index contributed by atoms with van der Waals surface area (Å²) in [4.78, 5) is 31.2. The molecule has 1 fully saturated rings. The van der Waals surface area contributed by atoms with Crippen molar-refractivity contribution in [3.63, 3.8) is 0 Å². The van der Waals surface area contributed by atoms with Crippen molar-refractivity contribution in [3.8, 4) is 23.0 Å². The summed E-state index contributed by atoms with van der Waals surface area (Å²) >= 11 is 0. The molecule has 0 bridgehead atoms. The number of amides is 2. The highest BCUT2D eigenvalue weighted by Crippen LogP contribution is 2.40. The van der Waals surface area contributed by atoms with Crippen LogP contribution in [-0.4, -0.2) is 88.4 Å². The molecular weight excluding hydrogens is 775 g/mol. The van der Waals surface area contributed by atoms with E-state index >= 15 is 0 Å². The minimum atomic E-state index is -3.64. The van der Waals surface area contributed by atoms with E-state index in [1.165, 1.54) is 7.11 Å². The molecule has 1 aromatic heterocycles. The number of anilines is 3. The molecule has 0 saturated carbocycles. The smallest absolute Gasteiger partial charge is 0.323 e. The van der Waals surface area contributed by atoms with Crippen LogP contribution in [0.25, 0.3) is 10.8 Å². The highest BCUT2D eigenvalue weighted by Gasteiger charge is 2.29. The second-order valence-corrected chi connectivity index (χ2v) is 17.4. The number of fused-ring (bicyclic) bond motifs is 1. The van der Waals surface area contributed by atoms with E-state index in [-0.39, 0.29) is 27.3 Å². The average Bonchev–Trinajstić information content (AvgIpc) is 3.18. The summed E-state index contributed by atoms with van der Waals surface area (Å²) in [5.41, 5.74) is 3.58. The lowest BCUT2D eigenvalue weighted by atomic mass is 9.86. The zero-order valence-corrected chi connectivity index (χ0v) is 35.1. The second-order valence-electron chi connectivity index (χ2n) is 15.7. The first-order chi connectivity index (χ1) is 28.0. The van der Waals surface area contributed by atoms with Gasteiger partial charge in [-0.05, 0) is 59.0 Å². The van der Waals surface area contributed by atoms with Crippen LogP contribution >= 0.6 is 0 Å². The summed E-state index contributed by atoms with van der Waals surface area (Å²) in [6.45, 7) is 8.52. The Morgan fingerprint density at radius 1 is 0.864 bits per heavy atom. The molecular formula is C44H52N5O9S+. The minimum absolute atomic E-state index is 0.0416. The van der Waals surface area contributed by atoms with Crippen molar-refractivity contribution >= 4 is 49.7 Å². The van der Waals surface area contributed by atoms with Crippen LogP contribution in [0.5, 0.6) is 23.0 Å². The maximum absolute atomic E-state index is 13.5. The van der Waals surface area contributed by atoms with Crippen molar-refractivity contribution < 1.29 is 46.8 Å². The van der Waals surface area contributed by atoms with Gasteiger partial charge in [0.25, 0.3) is 0 Å². The van der Waals surface area contributed by atoms with Crippen LogP contribution in [0.4, 0.5) is 21.9 Å². The molecule has 1 aliphatic heterocycles. The number of hydrogen-bond acceptors (Lipinski definition) is 10. The molecule has 14 nitrogen and oxygen atoms in total. The lowest BCUT2D eigenvalue weighted by Crippen LogP contribution is -2.53. The largest absolute Gasteiger partial charge is 0.496 e. The summed E-state index contributed by atoms with van der Waals surface area (Å²) in [5.74, 6) is 1.74. The number of ether oxygens (including phenoxy) is 4. The molecule has 1 saturated heterocycles. The fourth-order valence-electron chi connectivity index (χ4n) is 7.00. The van der Waals surface area contributed by atoms with Gasteiger partial charge in [-0.2, -0.15) is 4.65 Å². The van der Waals surface area contributed by atoms with Crippen molar-refractivity contribution in [1.82, 2.24) is 4.98 Å². The number of carbonyl (C=O) groups is 2. The van der Waals surface area contributed by atoms with Gasteiger partial charge in [0.1, 0.15) is 36.9 Å². The first-order valence-electron chi connectivity index (χ1n) is 19.3. The molecule has 4 aromatic carbocycles. The summed E-state index contributed by atoms with van der Waals surface area (Å²) in [7, 11) is -0.695. The number of urea groups is 1. The van der Waals surface area contributed by atoms with Gasteiger partial charge in [0, 0.05) is 48.0 Å². The van der Waals surface area contributed by atoms with Gasteiger partial charge in [0.2, 0.25) is 10.0 Å². The van der Waals surface area contributed by atoms with Gasteiger partial charge in [0.15, 0.2) is 11.5 Å². The third-order valence-corrected chi connectivity index (χ3v) is 10.7. The third kappa shape index (κ3) is 11.1. The highest BCUT2D eigenvalue weighted by atomic mass is 32.2. The summed E-state index contributed by atoms with van der Waals surface area (Å²) in [6, 6.07) is 23.1. The predicted molar refractivity (Wildman–Crippen MR) is 228 cm³/mol. The van der Waals surface area contributed by atoms with Crippen molar-refractivity contribution in [3.05, 3.63) is 107 Å². The Kier molecular flexibility index (Phi) is 13.1. The summed E-state index contributed by atoms with van der Waals surface area (Å²) in [6.07, 6.45) is 4.04. The van der Waals surface area contributed by atoms with Gasteiger partial charge in [-0.15, -0.1) is 0 Å². The average molecular weight is 827 g/mol. The maximum Gasteiger partial charge on any atom is 0.323 e. The molecule has 15 heteroatoms. The van der Waals surface area contributed by atoms with E-state index in [2.05, 4.69) is 20.3 Å². The third-order valence-electron chi connectivity index (χ3n) is 10.1. The topological polar surface area (TPSA) is 174 Å². The van der Waals surface area contributed by atoms with Crippen LogP contribution in [0.15, 0.2) is 85.1 Å². The zero-order chi connectivity index (χ0) is 42.4. The molecule has 59 heavy (non-hydrogen) atoms. The molecule has 0 atom stereocenters. The van der Waals surface area contributed by atoms with E-state index in [9.17, 15) is 23.2 Å². The predicted octanol–water partition coefficient (Wildman–Crippen LogP) is 8.15. The fraction of sp³-hybridized carbons (Fsp3) is 0.341. The van der Waals surface area contributed by atoms with E-state index < -0.39 is 16.1 Å². The molecule has 0 unspecified atom stereocenters. The number of methoxy groups -OCH3 is 2. The number of ketones is 1. The van der Waals surface area contributed by atoms with Crippen LogP contribution < -0.4 is 29.6 Å². The standard InChI is InChI=1S/C44H51N5O9S/c1-44(2,3)30-26-37(42(56-5)38(27-30)48-59(6,53)54)47-43(51)46-36-15-16-40(34-11-8-7-10-33(34)36)58-32-17-18-45-31(28-32)24-29-13-14-35(41(25-29)55-4)39(50)12-9-19-49(52)20-22-57-23-21-49/h7-8,10-11,13-18,25-28,48,52H,9,12,19-24H2,1-6H3,(H-,46,47,51)/p+1. The first-order valence-corrected chi connectivity index (χ1v) is 21.2. The number of pyridine rings is 1. The number of hydroxylamine groups is 3. The van der Waals surface area contributed by atoms with Gasteiger partial charge in [-0.25, -0.2) is 18.4 Å². The number of rotatable bonds is 15. The second kappa shape index (κ2) is 18.0. The molecule has 312 valence electrons. The van der Waals surface area contributed by atoms with Crippen LogP contribution in [0.2, 0.25) is 0 Å². The minimum Gasteiger partial charge on any atom is -0.496 e. The molecule has 6 rings (SSSR count). The van der Waals surface area contributed by atoms with Crippen LogP contribution in [-0.2, 0) is 26.6 Å². The Hall–Kier alpha value is -5.74. The van der Waals surface area contributed by atoms with Crippen molar-refractivity contribution in [2.75, 3.05) is 68.7 Å². The molecule has 2 heterocycles. The fourth-order valence-corrected chi connectivity index (χ4v) is 7.55. The molecule has 0 spiro atoms. The number of benzene rings is 4. The van der Waals surface area contributed by atoms with Crippen LogP contribution in [0.1, 0.15) is 60.8 Å². The Balaban J connectivity index is 1.15. The number of carbonyl (C=O) groups excluding carboxylic acids is 2. The summed E-state index contributed by atoms with van der Waals surface area (Å²) < 4.78 is 49.7. The number of hydrogen-bond donors (Lipinski definition) is 4. The van der Waals surface area contributed by atoms with Crippen molar-refractivity contribution in [1.29, 1.82) is 0 Å². The lowest BCUT2D eigenvalue weighted by Gasteiger charge is -2.33. The Morgan fingerprint density at radius 3 is 2.27 bits per heavy atom. The van der Waals surface area contributed by atoms with Gasteiger partial charge in [-0.3, -0.25) is 14.5 Å². The van der Waals surface area contributed by atoms with Gasteiger partial charge >= 0.3 is 6.03 Å². The van der Waals surface area contributed by atoms with E-state index in [0.717, 1.165) is 33.8 Å². The van der Waals surface area contributed by atoms with E-state index in [1.54, 1.807) is 49.7 Å². The number of nitrogens with zero attached hydrogens (tertiary/aromatic N) is 2. The highest BCUT2D eigenvalue weighted by molar-refractivity contribution is 7.92. The quantitative estimate of drug-likeness (QED) is 0.0596. The lowest BCUT2D eigenvalue weighted by molar-refractivity contribution is -1.11. The molecule has 0 radical (unpaired) electrons. The van der Waals surface area contributed by atoms with E-state index in [0.29, 0.717) is 86.3 Å².